The van der Waals surface area contributed by atoms with Gasteiger partial charge in [0.2, 0.25) is 6.79 Å². The van der Waals surface area contributed by atoms with Gasteiger partial charge in [-0.3, -0.25) is 4.79 Å². The summed E-state index contributed by atoms with van der Waals surface area (Å²) in [6.45, 7) is 1.69. The molecule has 0 atom stereocenters. The third-order valence-corrected chi connectivity index (χ3v) is 3.21. The van der Waals surface area contributed by atoms with E-state index in [0.29, 0.717) is 33.6 Å². The zero-order valence-corrected chi connectivity index (χ0v) is 11.4. The molecule has 0 amide bonds. The first-order valence-electron chi connectivity index (χ1n) is 6.01. The van der Waals surface area contributed by atoms with Gasteiger partial charge in [0.1, 0.15) is 11.5 Å². The molecule has 0 bridgehead atoms. The van der Waals surface area contributed by atoms with Gasteiger partial charge >= 0.3 is 0 Å². The molecule has 0 spiro atoms. The third-order valence-electron chi connectivity index (χ3n) is 2.90. The summed E-state index contributed by atoms with van der Waals surface area (Å²) >= 11 is 6.04. The maximum Gasteiger partial charge on any atom is 0.231 e. The van der Waals surface area contributed by atoms with Crippen molar-refractivity contribution in [2.24, 2.45) is 0 Å². The van der Waals surface area contributed by atoms with Crippen molar-refractivity contribution in [3.05, 3.63) is 47.0 Å². The highest BCUT2D eigenvalue weighted by Gasteiger charge is 2.14. The monoisotopic (exact) mass is 290 g/mol. The minimum atomic E-state index is -0.0790. The Bertz CT molecular complexity index is 682. The summed E-state index contributed by atoms with van der Waals surface area (Å²) in [5.74, 6) is 2.43. The highest BCUT2D eigenvalue weighted by Crippen LogP contribution is 2.37. The van der Waals surface area contributed by atoms with E-state index < -0.39 is 0 Å². The Kier molecular flexibility index (Phi) is 3.24. The lowest BCUT2D eigenvalue weighted by Gasteiger charge is -2.08. The molecule has 0 radical (unpaired) electrons. The molecule has 0 saturated heterocycles. The second-order valence-electron chi connectivity index (χ2n) is 4.31. The first-order chi connectivity index (χ1) is 9.63. The zero-order valence-electron chi connectivity index (χ0n) is 10.7. The molecule has 102 valence electrons. The minimum absolute atomic E-state index is 0.0790. The molecule has 1 aliphatic rings. The van der Waals surface area contributed by atoms with Gasteiger partial charge in [-0.2, -0.15) is 0 Å². The number of hydrogen-bond acceptors (Lipinski definition) is 4. The summed E-state index contributed by atoms with van der Waals surface area (Å²) in [7, 11) is 0. The van der Waals surface area contributed by atoms with Crippen LogP contribution < -0.4 is 14.2 Å². The molecule has 2 aromatic carbocycles. The average molecular weight is 291 g/mol. The van der Waals surface area contributed by atoms with Crippen LogP contribution in [-0.2, 0) is 0 Å². The SMILES string of the molecule is CC(=O)c1ccc(Oc2ccc3c(c2)OCO3)cc1Cl. The lowest BCUT2D eigenvalue weighted by atomic mass is 10.1. The molecule has 2 aromatic rings. The average Bonchev–Trinajstić information content (AvgIpc) is 2.85. The van der Waals surface area contributed by atoms with Crippen molar-refractivity contribution < 1.29 is 19.0 Å². The van der Waals surface area contributed by atoms with Crippen LogP contribution in [0.4, 0.5) is 0 Å². The maximum atomic E-state index is 11.3. The number of hydrogen-bond donors (Lipinski definition) is 0. The molecule has 20 heavy (non-hydrogen) atoms. The molecule has 5 heteroatoms. The fourth-order valence-electron chi connectivity index (χ4n) is 1.92. The van der Waals surface area contributed by atoms with Crippen LogP contribution >= 0.6 is 11.6 Å². The van der Waals surface area contributed by atoms with Crippen LogP contribution in [0.25, 0.3) is 0 Å². The summed E-state index contributed by atoms with van der Waals surface area (Å²) in [6.07, 6.45) is 0. The van der Waals surface area contributed by atoms with Gasteiger partial charge in [0.15, 0.2) is 17.3 Å². The summed E-state index contributed by atoms with van der Waals surface area (Å²) in [5, 5.41) is 0.371. The lowest BCUT2D eigenvalue weighted by molar-refractivity contribution is 0.101. The van der Waals surface area contributed by atoms with E-state index in [-0.39, 0.29) is 12.6 Å². The Hall–Kier alpha value is -2.20. The summed E-state index contributed by atoms with van der Waals surface area (Å²) in [4.78, 5) is 11.3. The topological polar surface area (TPSA) is 44.8 Å². The number of fused-ring (bicyclic) bond motifs is 1. The van der Waals surface area contributed by atoms with Gasteiger partial charge < -0.3 is 14.2 Å². The fraction of sp³-hybridized carbons (Fsp3) is 0.133. The number of ether oxygens (including phenoxy) is 3. The standard InChI is InChI=1S/C15H11ClO4/c1-9(17)12-4-2-10(6-13(12)16)20-11-3-5-14-15(7-11)19-8-18-14/h2-7H,8H2,1H3. The number of benzene rings is 2. The Morgan fingerprint density at radius 2 is 1.80 bits per heavy atom. The van der Waals surface area contributed by atoms with E-state index in [4.69, 9.17) is 25.8 Å². The molecular weight excluding hydrogens is 280 g/mol. The maximum absolute atomic E-state index is 11.3. The van der Waals surface area contributed by atoms with Crippen molar-refractivity contribution in [3.63, 3.8) is 0 Å². The van der Waals surface area contributed by atoms with Gasteiger partial charge in [0, 0.05) is 17.7 Å². The highest BCUT2D eigenvalue weighted by molar-refractivity contribution is 6.34. The Morgan fingerprint density at radius 1 is 1.10 bits per heavy atom. The first kappa shape index (κ1) is 12.8. The van der Waals surface area contributed by atoms with Crippen molar-refractivity contribution in [3.8, 4) is 23.0 Å². The van der Waals surface area contributed by atoms with E-state index in [1.54, 1.807) is 36.4 Å². The van der Waals surface area contributed by atoms with Crippen LogP contribution in [0.2, 0.25) is 5.02 Å². The summed E-state index contributed by atoms with van der Waals surface area (Å²) in [6, 6.07) is 10.3. The van der Waals surface area contributed by atoms with Crippen molar-refractivity contribution >= 4 is 17.4 Å². The van der Waals surface area contributed by atoms with Gasteiger partial charge in [-0.25, -0.2) is 0 Å². The molecule has 1 aliphatic heterocycles. The highest BCUT2D eigenvalue weighted by atomic mass is 35.5. The van der Waals surface area contributed by atoms with Gasteiger partial charge in [0.25, 0.3) is 0 Å². The molecule has 0 aliphatic carbocycles. The van der Waals surface area contributed by atoms with E-state index in [2.05, 4.69) is 0 Å². The van der Waals surface area contributed by atoms with Crippen LogP contribution in [0.1, 0.15) is 17.3 Å². The van der Waals surface area contributed by atoms with Crippen LogP contribution in [0.3, 0.4) is 0 Å². The third kappa shape index (κ3) is 2.42. The number of carbonyl (C=O) groups excluding carboxylic acids is 1. The Balaban J connectivity index is 1.84. The van der Waals surface area contributed by atoms with Crippen LogP contribution in [-0.4, -0.2) is 12.6 Å². The quantitative estimate of drug-likeness (QED) is 0.800. The van der Waals surface area contributed by atoms with Crippen LogP contribution in [0, 0.1) is 0 Å². The van der Waals surface area contributed by atoms with Crippen molar-refractivity contribution in [2.45, 2.75) is 6.92 Å². The molecule has 0 aromatic heterocycles. The van der Waals surface area contributed by atoms with Gasteiger partial charge in [0.05, 0.1) is 5.02 Å². The molecule has 3 rings (SSSR count). The lowest BCUT2D eigenvalue weighted by Crippen LogP contribution is -1.94. The van der Waals surface area contributed by atoms with E-state index in [1.807, 2.05) is 0 Å². The number of rotatable bonds is 3. The molecule has 1 heterocycles. The van der Waals surface area contributed by atoms with E-state index in [9.17, 15) is 4.79 Å². The smallest absolute Gasteiger partial charge is 0.231 e. The molecule has 0 N–H and O–H groups in total. The van der Waals surface area contributed by atoms with E-state index >= 15 is 0 Å². The molecule has 0 saturated carbocycles. The van der Waals surface area contributed by atoms with Gasteiger partial charge in [-0.1, -0.05) is 11.6 Å². The number of halogens is 1. The largest absolute Gasteiger partial charge is 0.457 e. The van der Waals surface area contributed by atoms with Crippen LogP contribution in [0.15, 0.2) is 36.4 Å². The van der Waals surface area contributed by atoms with Crippen molar-refractivity contribution in [2.75, 3.05) is 6.79 Å². The normalized spacial score (nSPS) is 12.3. The fourth-order valence-corrected chi connectivity index (χ4v) is 2.22. The van der Waals surface area contributed by atoms with Gasteiger partial charge in [-0.15, -0.1) is 0 Å². The first-order valence-corrected chi connectivity index (χ1v) is 6.39. The molecule has 0 unspecified atom stereocenters. The summed E-state index contributed by atoms with van der Waals surface area (Å²) < 4.78 is 16.2. The van der Waals surface area contributed by atoms with Crippen molar-refractivity contribution in [1.82, 2.24) is 0 Å². The number of ketones is 1. The Morgan fingerprint density at radius 3 is 2.55 bits per heavy atom. The second-order valence-corrected chi connectivity index (χ2v) is 4.72. The number of carbonyl (C=O) groups is 1. The number of Topliss-reactive ketones (excluding diaryl/α,β-unsaturated/α-hetero) is 1. The van der Waals surface area contributed by atoms with Crippen LogP contribution in [0.5, 0.6) is 23.0 Å². The minimum Gasteiger partial charge on any atom is -0.457 e. The molecule has 0 fully saturated rings. The summed E-state index contributed by atoms with van der Waals surface area (Å²) in [5.41, 5.74) is 0.477. The zero-order chi connectivity index (χ0) is 14.1. The Labute approximate surface area is 120 Å². The van der Waals surface area contributed by atoms with E-state index in [0.717, 1.165) is 0 Å². The second kappa shape index (κ2) is 5.06. The predicted octanol–water partition coefficient (Wildman–Crippen LogP) is 4.06. The predicted molar refractivity (Wildman–Crippen MR) is 74.1 cm³/mol. The van der Waals surface area contributed by atoms with E-state index in [1.165, 1.54) is 6.92 Å². The van der Waals surface area contributed by atoms with Gasteiger partial charge in [-0.05, 0) is 31.2 Å². The molecule has 4 nitrogen and oxygen atoms in total. The van der Waals surface area contributed by atoms with Crippen molar-refractivity contribution in [1.29, 1.82) is 0 Å². The molecular formula is C15H11ClO4.